The van der Waals surface area contributed by atoms with Crippen LogP contribution in [0.1, 0.15) is 33.2 Å². The molecule has 0 spiro atoms. The lowest BCUT2D eigenvalue weighted by Crippen LogP contribution is -2.18. The van der Waals surface area contributed by atoms with Crippen molar-refractivity contribution in [1.82, 2.24) is 9.78 Å². The van der Waals surface area contributed by atoms with Gasteiger partial charge in [-0.15, -0.1) is 0 Å². The number of esters is 1. The summed E-state index contributed by atoms with van der Waals surface area (Å²) in [6.07, 6.45) is 1.32. The third kappa shape index (κ3) is 4.13. The molecule has 1 N–H and O–H groups in total. The Morgan fingerprint density at radius 3 is 2.55 bits per heavy atom. The van der Waals surface area contributed by atoms with Crippen LogP contribution in [0.5, 0.6) is 0 Å². The van der Waals surface area contributed by atoms with E-state index in [1.165, 1.54) is 29.1 Å². The van der Waals surface area contributed by atoms with Crippen LogP contribution in [0, 0.1) is 17.0 Å². The first-order chi connectivity index (χ1) is 13.9. The molecule has 2 aromatic carbocycles. The Balaban J connectivity index is 1.99. The number of aromatic nitrogens is 2. The van der Waals surface area contributed by atoms with Gasteiger partial charge in [0.15, 0.2) is 5.82 Å². The van der Waals surface area contributed by atoms with Crippen molar-refractivity contribution in [2.24, 2.45) is 0 Å². The Morgan fingerprint density at radius 2 is 1.93 bits per heavy atom. The highest BCUT2D eigenvalue weighted by Crippen LogP contribution is 2.23. The number of carbonyl (C=O) groups excluding carboxylic acids is 2. The molecule has 0 atom stereocenters. The summed E-state index contributed by atoms with van der Waals surface area (Å²) in [5.41, 5.74) is 1.22. The topological polar surface area (TPSA) is 116 Å². The SMILES string of the molecule is CCOC(=O)c1cnn(-c2ccccc2)c1NC(=O)c1ccc([N+](=O)[O-])c(C)c1. The highest BCUT2D eigenvalue weighted by molar-refractivity contribution is 6.07. The molecule has 0 saturated carbocycles. The van der Waals surface area contributed by atoms with Crippen LogP contribution in [0.2, 0.25) is 0 Å². The molecule has 9 nitrogen and oxygen atoms in total. The number of carbonyl (C=O) groups is 2. The standard InChI is InChI=1S/C20H18N4O5/c1-3-29-20(26)16-12-21-23(15-7-5-4-6-8-15)18(16)22-19(25)14-9-10-17(24(27)28)13(2)11-14/h4-12H,3H2,1-2H3,(H,22,25). The summed E-state index contributed by atoms with van der Waals surface area (Å²) in [5.74, 6) is -1.01. The van der Waals surface area contributed by atoms with E-state index in [2.05, 4.69) is 10.4 Å². The van der Waals surface area contributed by atoms with Crippen LogP contribution >= 0.6 is 0 Å². The number of ether oxygens (including phenoxy) is 1. The van der Waals surface area contributed by atoms with Crippen LogP contribution in [0.15, 0.2) is 54.7 Å². The maximum Gasteiger partial charge on any atom is 0.343 e. The summed E-state index contributed by atoms with van der Waals surface area (Å²) in [7, 11) is 0. The molecule has 29 heavy (non-hydrogen) atoms. The van der Waals surface area contributed by atoms with E-state index in [1.807, 2.05) is 6.07 Å². The van der Waals surface area contributed by atoms with Crippen LogP contribution < -0.4 is 5.32 Å². The number of nitro groups is 1. The average molecular weight is 394 g/mol. The summed E-state index contributed by atoms with van der Waals surface area (Å²) in [6, 6.07) is 13.0. The number of benzene rings is 2. The molecule has 0 aliphatic heterocycles. The lowest BCUT2D eigenvalue weighted by molar-refractivity contribution is -0.385. The van der Waals surface area contributed by atoms with Gasteiger partial charge in [-0.05, 0) is 38.1 Å². The molecule has 1 heterocycles. The molecule has 0 saturated heterocycles. The highest BCUT2D eigenvalue weighted by Gasteiger charge is 2.22. The largest absolute Gasteiger partial charge is 0.462 e. The summed E-state index contributed by atoms with van der Waals surface area (Å²) >= 11 is 0. The predicted molar refractivity (Wildman–Crippen MR) is 105 cm³/mol. The number of rotatable bonds is 6. The van der Waals surface area contributed by atoms with E-state index in [1.54, 1.807) is 38.1 Å². The zero-order valence-electron chi connectivity index (χ0n) is 15.8. The lowest BCUT2D eigenvalue weighted by Gasteiger charge is -2.11. The number of nitro benzene ring substituents is 1. The molecule has 0 aliphatic carbocycles. The fraction of sp³-hybridized carbons (Fsp3) is 0.150. The number of aryl methyl sites for hydroxylation is 1. The van der Waals surface area contributed by atoms with E-state index < -0.39 is 16.8 Å². The first kappa shape index (κ1) is 19.7. The molecule has 0 radical (unpaired) electrons. The van der Waals surface area contributed by atoms with Crippen molar-refractivity contribution < 1.29 is 19.2 Å². The van der Waals surface area contributed by atoms with Crippen LogP contribution in [0.4, 0.5) is 11.5 Å². The van der Waals surface area contributed by atoms with E-state index in [9.17, 15) is 19.7 Å². The van der Waals surface area contributed by atoms with Crippen molar-refractivity contribution >= 4 is 23.4 Å². The third-order valence-corrected chi connectivity index (χ3v) is 4.15. The normalized spacial score (nSPS) is 10.4. The van der Waals surface area contributed by atoms with Crippen LogP contribution in [-0.4, -0.2) is 33.2 Å². The summed E-state index contributed by atoms with van der Waals surface area (Å²) < 4.78 is 6.47. The van der Waals surface area contributed by atoms with Gasteiger partial charge in [0.25, 0.3) is 11.6 Å². The molecule has 3 aromatic rings. The van der Waals surface area contributed by atoms with Gasteiger partial charge < -0.3 is 10.1 Å². The molecule has 0 unspecified atom stereocenters. The maximum absolute atomic E-state index is 12.8. The van der Waals surface area contributed by atoms with E-state index in [-0.39, 0.29) is 29.2 Å². The van der Waals surface area contributed by atoms with Crippen molar-refractivity contribution in [3.8, 4) is 5.69 Å². The van der Waals surface area contributed by atoms with Gasteiger partial charge in [0, 0.05) is 17.2 Å². The van der Waals surface area contributed by atoms with Gasteiger partial charge in [0.2, 0.25) is 0 Å². The molecular weight excluding hydrogens is 376 g/mol. The Hall–Kier alpha value is -4.01. The fourth-order valence-corrected chi connectivity index (χ4v) is 2.77. The number of para-hydroxylation sites is 1. The van der Waals surface area contributed by atoms with E-state index in [0.717, 1.165) is 0 Å². The first-order valence-electron chi connectivity index (χ1n) is 8.79. The Kier molecular flexibility index (Phi) is 5.68. The quantitative estimate of drug-likeness (QED) is 0.388. The Morgan fingerprint density at radius 1 is 1.21 bits per heavy atom. The number of hydrogen-bond donors (Lipinski definition) is 1. The van der Waals surface area contributed by atoms with E-state index in [4.69, 9.17) is 4.74 Å². The second-order valence-corrected chi connectivity index (χ2v) is 6.09. The highest BCUT2D eigenvalue weighted by atomic mass is 16.6. The Labute approximate surface area is 166 Å². The molecule has 0 bridgehead atoms. The van der Waals surface area contributed by atoms with Crippen LogP contribution in [0.3, 0.4) is 0 Å². The van der Waals surface area contributed by atoms with E-state index in [0.29, 0.717) is 11.3 Å². The Bertz CT molecular complexity index is 1080. The minimum Gasteiger partial charge on any atom is -0.462 e. The molecular formula is C20H18N4O5. The number of nitrogens with zero attached hydrogens (tertiary/aromatic N) is 3. The van der Waals surface area contributed by atoms with Gasteiger partial charge in [0.05, 0.1) is 23.4 Å². The molecule has 0 fully saturated rings. The number of hydrogen-bond acceptors (Lipinski definition) is 6. The lowest BCUT2D eigenvalue weighted by atomic mass is 10.1. The summed E-state index contributed by atoms with van der Waals surface area (Å²) in [4.78, 5) is 35.6. The van der Waals surface area contributed by atoms with Gasteiger partial charge in [-0.3, -0.25) is 14.9 Å². The monoisotopic (exact) mass is 394 g/mol. The number of amides is 1. The molecule has 0 aliphatic rings. The predicted octanol–water partition coefficient (Wildman–Crippen LogP) is 3.52. The minimum atomic E-state index is -0.620. The third-order valence-electron chi connectivity index (χ3n) is 4.15. The van der Waals surface area contributed by atoms with Gasteiger partial charge >= 0.3 is 5.97 Å². The van der Waals surface area contributed by atoms with Crippen molar-refractivity contribution in [3.05, 3.63) is 81.5 Å². The van der Waals surface area contributed by atoms with Gasteiger partial charge in [-0.1, -0.05) is 18.2 Å². The molecule has 1 amide bonds. The maximum atomic E-state index is 12.8. The second-order valence-electron chi connectivity index (χ2n) is 6.09. The average Bonchev–Trinajstić information content (AvgIpc) is 3.12. The van der Waals surface area contributed by atoms with Gasteiger partial charge in [-0.25, -0.2) is 9.48 Å². The van der Waals surface area contributed by atoms with Gasteiger partial charge in [-0.2, -0.15) is 5.10 Å². The number of anilines is 1. The van der Waals surface area contributed by atoms with Crippen molar-refractivity contribution in [3.63, 3.8) is 0 Å². The smallest absolute Gasteiger partial charge is 0.343 e. The molecule has 9 heteroatoms. The summed E-state index contributed by atoms with van der Waals surface area (Å²) in [6.45, 7) is 3.40. The van der Waals surface area contributed by atoms with E-state index >= 15 is 0 Å². The molecule has 3 rings (SSSR count). The van der Waals surface area contributed by atoms with Gasteiger partial charge in [0.1, 0.15) is 5.56 Å². The first-order valence-corrected chi connectivity index (χ1v) is 8.79. The zero-order chi connectivity index (χ0) is 21.0. The fourth-order valence-electron chi connectivity index (χ4n) is 2.77. The van der Waals surface area contributed by atoms with Crippen molar-refractivity contribution in [2.75, 3.05) is 11.9 Å². The zero-order valence-corrected chi connectivity index (χ0v) is 15.8. The molecule has 1 aromatic heterocycles. The second kappa shape index (κ2) is 8.34. The van der Waals surface area contributed by atoms with Crippen molar-refractivity contribution in [2.45, 2.75) is 13.8 Å². The minimum absolute atomic E-state index is 0.0805. The molecule has 148 valence electrons. The summed E-state index contributed by atoms with van der Waals surface area (Å²) in [5, 5.41) is 17.9. The van der Waals surface area contributed by atoms with Crippen LogP contribution in [0.25, 0.3) is 5.69 Å². The van der Waals surface area contributed by atoms with Crippen LogP contribution in [-0.2, 0) is 4.74 Å². The van der Waals surface area contributed by atoms with Crippen molar-refractivity contribution in [1.29, 1.82) is 0 Å². The number of nitrogens with one attached hydrogen (secondary N) is 1.